The number of nitrogens with zero attached hydrogens (tertiary/aromatic N) is 3. The van der Waals surface area contributed by atoms with Crippen molar-refractivity contribution in [2.24, 2.45) is 0 Å². The lowest BCUT2D eigenvalue weighted by atomic mass is 10.1. The van der Waals surface area contributed by atoms with Crippen molar-refractivity contribution in [3.05, 3.63) is 56.1 Å². The highest BCUT2D eigenvalue weighted by Gasteiger charge is 2.21. The first-order valence-electron chi connectivity index (χ1n) is 9.26. The maximum Gasteiger partial charge on any atom is 0.410 e. The minimum Gasteiger partial charge on any atom is -0.480 e. The predicted octanol–water partition coefficient (Wildman–Crippen LogP) is 2.42. The second-order valence-electron chi connectivity index (χ2n) is 7.81. The largest absolute Gasteiger partial charge is 0.480 e. The molecule has 2 aromatic rings. The molecule has 0 aliphatic heterocycles. The van der Waals surface area contributed by atoms with Gasteiger partial charge >= 0.3 is 17.8 Å². The second-order valence-corrected chi connectivity index (χ2v) is 8.19. The lowest BCUT2D eigenvalue weighted by molar-refractivity contribution is -0.137. The first-order chi connectivity index (χ1) is 14.3. The molecule has 11 heteroatoms. The van der Waals surface area contributed by atoms with E-state index in [4.69, 9.17) is 21.4 Å². The lowest BCUT2D eigenvalue weighted by Gasteiger charge is -2.24. The van der Waals surface area contributed by atoms with Gasteiger partial charge in [0, 0.05) is 31.9 Å². The quantitative estimate of drug-likeness (QED) is 0.716. The van der Waals surface area contributed by atoms with Gasteiger partial charge in [0.15, 0.2) is 0 Å². The number of aliphatic carboxylic acids is 1. The van der Waals surface area contributed by atoms with E-state index >= 15 is 0 Å². The highest BCUT2D eigenvalue weighted by molar-refractivity contribution is 6.33. The van der Waals surface area contributed by atoms with E-state index in [1.807, 2.05) is 0 Å². The number of carboxylic acid groups (broad SMARTS) is 1. The maximum absolute atomic E-state index is 13.9. The Balaban J connectivity index is 2.50. The van der Waals surface area contributed by atoms with Gasteiger partial charge in [0.1, 0.15) is 18.0 Å². The summed E-state index contributed by atoms with van der Waals surface area (Å²) in [4.78, 5) is 50.2. The summed E-state index contributed by atoms with van der Waals surface area (Å²) in [5.74, 6) is -2.08. The number of rotatable bonds is 6. The third-order valence-corrected chi connectivity index (χ3v) is 4.53. The Hall–Kier alpha value is -3.14. The molecule has 9 nitrogen and oxygen atoms in total. The van der Waals surface area contributed by atoms with E-state index in [9.17, 15) is 23.6 Å². The molecular weight excluding hydrogens is 433 g/mol. The molecule has 0 radical (unpaired) electrons. The minimum absolute atomic E-state index is 0.0139. The summed E-state index contributed by atoms with van der Waals surface area (Å²) < 4.78 is 20.7. The predicted molar refractivity (Wildman–Crippen MR) is 112 cm³/mol. The molecule has 1 N–H and O–H groups in total. The standard InChI is InChI=1S/C20H23ClFN3O6/c1-20(2,3)31-19(30)23(4)8-9-25-17(28)13(10-24(18(25)29)11-15(26)27)12-6-5-7-14(22)16(12)21/h5-7,10H,8-9,11H2,1-4H3,(H,26,27). The summed E-state index contributed by atoms with van der Waals surface area (Å²) in [6.45, 7) is 4.05. The molecular formula is C20H23ClFN3O6. The van der Waals surface area contributed by atoms with Crippen molar-refractivity contribution in [2.45, 2.75) is 39.5 Å². The number of likely N-dealkylation sites (N-methyl/N-ethyl adjacent to an activating group) is 1. The fourth-order valence-corrected chi connectivity index (χ4v) is 2.92. The van der Waals surface area contributed by atoms with Gasteiger partial charge in [-0.05, 0) is 26.8 Å². The van der Waals surface area contributed by atoms with Crippen LogP contribution in [0.3, 0.4) is 0 Å². The smallest absolute Gasteiger partial charge is 0.410 e. The molecule has 0 atom stereocenters. The molecule has 0 saturated carbocycles. The minimum atomic E-state index is -1.31. The maximum atomic E-state index is 13.9. The fourth-order valence-electron chi connectivity index (χ4n) is 2.69. The van der Waals surface area contributed by atoms with E-state index in [1.54, 1.807) is 20.8 Å². The molecule has 1 aromatic carbocycles. The number of aromatic nitrogens is 2. The van der Waals surface area contributed by atoms with Gasteiger partial charge in [-0.15, -0.1) is 0 Å². The SMILES string of the molecule is CN(CCn1c(=O)c(-c2cccc(F)c2Cl)cn(CC(=O)O)c1=O)C(=O)OC(C)(C)C. The van der Waals surface area contributed by atoms with E-state index < -0.39 is 41.3 Å². The van der Waals surface area contributed by atoms with E-state index in [2.05, 4.69) is 0 Å². The zero-order chi connectivity index (χ0) is 23.5. The summed E-state index contributed by atoms with van der Waals surface area (Å²) >= 11 is 5.98. The molecule has 1 heterocycles. The Morgan fingerprint density at radius 1 is 1.23 bits per heavy atom. The van der Waals surface area contributed by atoms with Crippen molar-refractivity contribution in [2.75, 3.05) is 13.6 Å². The number of hydrogen-bond donors (Lipinski definition) is 1. The van der Waals surface area contributed by atoms with Crippen molar-refractivity contribution in [3.63, 3.8) is 0 Å². The monoisotopic (exact) mass is 455 g/mol. The molecule has 0 aliphatic rings. The van der Waals surface area contributed by atoms with Crippen LogP contribution in [0.15, 0.2) is 34.0 Å². The molecule has 1 amide bonds. The summed E-state index contributed by atoms with van der Waals surface area (Å²) in [7, 11) is 1.43. The van der Waals surface area contributed by atoms with Crippen molar-refractivity contribution in [3.8, 4) is 11.1 Å². The average molecular weight is 456 g/mol. The molecule has 31 heavy (non-hydrogen) atoms. The van der Waals surface area contributed by atoms with E-state index in [0.29, 0.717) is 0 Å². The second kappa shape index (κ2) is 9.34. The normalized spacial score (nSPS) is 11.3. The van der Waals surface area contributed by atoms with E-state index in [0.717, 1.165) is 21.4 Å². The Kier molecular flexibility index (Phi) is 7.27. The number of benzene rings is 1. The third-order valence-electron chi connectivity index (χ3n) is 4.15. The van der Waals surface area contributed by atoms with Crippen molar-refractivity contribution in [1.82, 2.24) is 14.0 Å². The van der Waals surface area contributed by atoms with Gasteiger partial charge in [-0.2, -0.15) is 0 Å². The molecule has 0 saturated heterocycles. The van der Waals surface area contributed by atoms with Crippen LogP contribution in [0.5, 0.6) is 0 Å². The molecule has 0 bridgehead atoms. The zero-order valence-electron chi connectivity index (χ0n) is 17.5. The molecule has 168 valence electrons. The average Bonchev–Trinajstić information content (AvgIpc) is 2.64. The molecule has 0 aliphatic carbocycles. The molecule has 0 fully saturated rings. The number of hydrogen-bond acceptors (Lipinski definition) is 5. The molecule has 0 spiro atoms. The van der Waals surface area contributed by atoms with Crippen LogP contribution in [0, 0.1) is 5.82 Å². The Morgan fingerprint density at radius 2 is 1.87 bits per heavy atom. The van der Waals surface area contributed by atoms with Crippen LogP contribution in [0.4, 0.5) is 9.18 Å². The third kappa shape index (κ3) is 5.94. The van der Waals surface area contributed by atoms with Crippen LogP contribution in [0.25, 0.3) is 11.1 Å². The molecule has 1 aromatic heterocycles. The van der Waals surface area contributed by atoms with Gasteiger partial charge in [0.2, 0.25) is 0 Å². The summed E-state index contributed by atoms with van der Waals surface area (Å²) in [5, 5.41) is 8.77. The summed E-state index contributed by atoms with van der Waals surface area (Å²) in [6.07, 6.45) is 0.379. The van der Waals surface area contributed by atoms with Gasteiger partial charge in [-0.3, -0.25) is 18.7 Å². The van der Waals surface area contributed by atoms with Gasteiger partial charge in [-0.25, -0.2) is 14.0 Å². The Morgan fingerprint density at radius 3 is 2.45 bits per heavy atom. The lowest BCUT2D eigenvalue weighted by Crippen LogP contribution is -2.44. The highest BCUT2D eigenvalue weighted by Crippen LogP contribution is 2.27. The van der Waals surface area contributed by atoms with Gasteiger partial charge in [-0.1, -0.05) is 23.7 Å². The van der Waals surface area contributed by atoms with E-state index in [-0.39, 0.29) is 29.2 Å². The zero-order valence-corrected chi connectivity index (χ0v) is 18.3. The number of ether oxygens (including phenoxy) is 1. The summed E-state index contributed by atoms with van der Waals surface area (Å²) in [6, 6.07) is 3.82. The van der Waals surface area contributed by atoms with Crippen molar-refractivity contribution < 1.29 is 23.8 Å². The number of halogens is 2. The van der Waals surface area contributed by atoms with Crippen molar-refractivity contribution in [1.29, 1.82) is 0 Å². The van der Waals surface area contributed by atoms with Crippen LogP contribution < -0.4 is 11.2 Å². The van der Waals surface area contributed by atoms with Crippen LogP contribution in [-0.4, -0.2) is 50.4 Å². The Labute approximate surface area is 182 Å². The van der Waals surface area contributed by atoms with Gasteiger partial charge in [0.05, 0.1) is 10.6 Å². The fraction of sp³-hybridized carbons (Fsp3) is 0.400. The molecule has 0 unspecified atom stereocenters. The van der Waals surface area contributed by atoms with Gasteiger partial charge in [0.25, 0.3) is 5.56 Å². The van der Waals surface area contributed by atoms with Crippen molar-refractivity contribution >= 4 is 23.7 Å². The number of carbonyl (C=O) groups excluding carboxylic acids is 1. The van der Waals surface area contributed by atoms with Crippen LogP contribution in [0.1, 0.15) is 20.8 Å². The number of carbonyl (C=O) groups is 2. The van der Waals surface area contributed by atoms with E-state index in [1.165, 1.54) is 24.1 Å². The first kappa shape index (κ1) is 24.1. The highest BCUT2D eigenvalue weighted by atomic mass is 35.5. The topological polar surface area (TPSA) is 111 Å². The number of carboxylic acids is 1. The summed E-state index contributed by atoms with van der Waals surface area (Å²) in [5.41, 5.74) is -2.55. The van der Waals surface area contributed by atoms with Crippen LogP contribution in [-0.2, 0) is 22.6 Å². The van der Waals surface area contributed by atoms with Gasteiger partial charge < -0.3 is 14.7 Å². The number of amides is 1. The molecule has 2 rings (SSSR count). The van der Waals surface area contributed by atoms with Crippen LogP contribution >= 0.6 is 11.6 Å². The van der Waals surface area contributed by atoms with Crippen LogP contribution in [0.2, 0.25) is 5.02 Å². The Bertz CT molecular complexity index is 1120. The first-order valence-corrected chi connectivity index (χ1v) is 9.64.